The average molecular weight is 253 g/mol. The molecule has 1 aromatic heterocycles. The van der Waals surface area contributed by atoms with Gasteiger partial charge in [-0.05, 0) is 39.4 Å². The molecule has 1 unspecified atom stereocenters. The van der Waals surface area contributed by atoms with Gasteiger partial charge in [0.15, 0.2) is 0 Å². The lowest BCUT2D eigenvalue weighted by molar-refractivity contribution is 0.421. The fraction of sp³-hybridized carbons (Fsp3) is 0.769. The fourth-order valence-corrected chi connectivity index (χ4v) is 3.25. The highest BCUT2D eigenvalue weighted by atomic mass is 32.2. The van der Waals surface area contributed by atoms with Gasteiger partial charge in [-0.3, -0.25) is 0 Å². The normalized spacial score (nSPS) is 21.0. The summed E-state index contributed by atoms with van der Waals surface area (Å²) < 4.78 is 2.24. The van der Waals surface area contributed by atoms with E-state index in [1.807, 2.05) is 6.33 Å². The minimum atomic E-state index is 0.158. The van der Waals surface area contributed by atoms with E-state index in [0.717, 1.165) is 24.0 Å². The van der Waals surface area contributed by atoms with E-state index in [-0.39, 0.29) is 5.54 Å². The van der Waals surface area contributed by atoms with Crippen LogP contribution in [0.4, 0.5) is 0 Å². The summed E-state index contributed by atoms with van der Waals surface area (Å²) in [5.74, 6) is 1.33. The Balaban J connectivity index is 1.83. The van der Waals surface area contributed by atoms with Crippen molar-refractivity contribution < 1.29 is 0 Å². The first kappa shape index (κ1) is 13.0. The predicted octanol–water partition coefficient (Wildman–Crippen LogP) is 2.67. The zero-order valence-electron chi connectivity index (χ0n) is 11.1. The van der Waals surface area contributed by atoms with Crippen molar-refractivity contribution in [3.63, 3.8) is 0 Å². The maximum atomic E-state index is 4.45. The van der Waals surface area contributed by atoms with Gasteiger partial charge in [-0.2, -0.15) is 11.8 Å². The zero-order valence-corrected chi connectivity index (χ0v) is 11.9. The summed E-state index contributed by atoms with van der Waals surface area (Å²) in [6.07, 6.45) is 6.89. The van der Waals surface area contributed by atoms with Crippen LogP contribution in [0, 0.1) is 0 Å². The van der Waals surface area contributed by atoms with Crippen LogP contribution >= 0.6 is 11.8 Å². The Morgan fingerprint density at radius 3 is 3.00 bits per heavy atom. The highest BCUT2D eigenvalue weighted by molar-refractivity contribution is 8.00. The second-order valence-electron chi connectivity index (χ2n) is 5.80. The molecule has 4 heteroatoms. The molecule has 1 aliphatic rings. The molecule has 1 atom stereocenters. The van der Waals surface area contributed by atoms with Gasteiger partial charge < -0.3 is 9.88 Å². The smallest absolute Gasteiger partial charge is 0.0950 e. The number of nitrogens with zero attached hydrogens (tertiary/aromatic N) is 2. The predicted molar refractivity (Wildman–Crippen MR) is 74.3 cm³/mol. The molecule has 3 nitrogen and oxygen atoms in total. The van der Waals surface area contributed by atoms with Crippen LogP contribution < -0.4 is 5.32 Å². The van der Waals surface area contributed by atoms with Gasteiger partial charge in [0.2, 0.25) is 0 Å². The van der Waals surface area contributed by atoms with Gasteiger partial charge in [-0.1, -0.05) is 0 Å². The SMILES string of the molecule is CC(C)(C)NCc1cn(CC2CCCS2)cn1. The zero-order chi connectivity index (χ0) is 12.3. The molecule has 1 aliphatic heterocycles. The first-order valence-electron chi connectivity index (χ1n) is 6.40. The fourth-order valence-electron chi connectivity index (χ4n) is 1.98. The molecule has 17 heavy (non-hydrogen) atoms. The Bertz CT molecular complexity index is 348. The first-order valence-corrected chi connectivity index (χ1v) is 7.45. The van der Waals surface area contributed by atoms with Crippen molar-refractivity contribution in [2.24, 2.45) is 0 Å². The molecule has 2 rings (SSSR count). The van der Waals surface area contributed by atoms with Gasteiger partial charge in [-0.15, -0.1) is 0 Å². The summed E-state index contributed by atoms with van der Waals surface area (Å²) in [5.41, 5.74) is 1.30. The molecule has 0 saturated carbocycles. The molecule has 96 valence electrons. The number of hydrogen-bond donors (Lipinski definition) is 1. The lowest BCUT2D eigenvalue weighted by Gasteiger charge is -2.19. The quantitative estimate of drug-likeness (QED) is 0.894. The third-order valence-corrected chi connectivity index (χ3v) is 4.31. The van der Waals surface area contributed by atoms with Crippen molar-refractivity contribution in [3.05, 3.63) is 18.2 Å². The minimum Gasteiger partial charge on any atom is -0.336 e. The maximum absolute atomic E-state index is 4.45. The van der Waals surface area contributed by atoms with Gasteiger partial charge in [-0.25, -0.2) is 4.98 Å². The number of hydrogen-bond acceptors (Lipinski definition) is 3. The van der Waals surface area contributed by atoms with Crippen LogP contribution in [-0.2, 0) is 13.1 Å². The van der Waals surface area contributed by atoms with Crippen LogP contribution in [0.2, 0.25) is 0 Å². The summed E-state index contributed by atoms with van der Waals surface area (Å²) >= 11 is 2.10. The molecule has 0 aromatic carbocycles. The Morgan fingerprint density at radius 1 is 1.53 bits per heavy atom. The van der Waals surface area contributed by atoms with E-state index in [4.69, 9.17) is 0 Å². The molecule has 0 amide bonds. The van der Waals surface area contributed by atoms with Gasteiger partial charge >= 0.3 is 0 Å². The van der Waals surface area contributed by atoms with E-state index in [2.05, 4.69) is 53.6 Å². The number of thioether (sulfide) groups is 1. The highest BCUT2D eigenvalue weighted by Gasteiger charge is 2.16. The lowest BCUT2D eigenvalue weighted by Crippen LogP contribution is -2.35. The van der Waals surface area contributed by atoms with E-state index in [9.17, 15) is 0 Å². The number of nitrogens with one attached hydrogen (secondary N) is 1. The molecule has 1 saturated heterocycles. The van der Waals surface area contributed by atoms with E-state index in [1.165, 1.54) is 18.6 Å². The van der Waals surface area contributed by atoms with Crippen molar-refractivity contribution in [1.29, 1.82) is 0 Å². The van der Waals surface area contributed by atoms with E-state index in [0.29, 0.717) is 0 Å². The number of imidazole rings is 1. The number of rotatable bonds is 4. The minimum absolute atomic E-state index is 0.158. The Hall–Kier alpha value is -0.480. The summed E-state index contributed by atoms with van der Waals surface area (Å²) in [6, 6.07) is 0. The van der Waals surface area contributed by atoms with Crippen molar-refractivity contribution in [2.75, 3.05) is 5.75 Å². The monoisotopic (exact) mass is 253 g/mol. The molecule has 0 aliphatic carbocycles. The summed E-state index contributed by atoms with van der Waals surface area (Å²) in [4.78, 5) is 4.45. The molecule has 2 heterocycles. The first-order chi connectivity index (χ1) is 8.03. The van der Waals surface area contributed by atoms with E-state index < -0.39 is 0 Å². The van der Waals surface area contributed by atoms with Crippen LogP contribution in [0.3, 0.4) is 0 Å². The van der Waals surface area contributed by atoms with Gasteiger partial charge in [0.1, 0.15) is 0 Å². The molecular weight excluding hydrogens is 230 g/mol. The molecule has 1 fully saturated rings. The van der Waals surface area contributed by atoms with Crippen LogP contribution in [0.1, 0.15) is 39.3 Å². The topological polar surface area (TPSA) is 29.9 Å². The number of aromatic nitrogens is 2. The van der Waals surface area contributed by atoms with Crippen LogP contribution in [0.25, 0.3) is 0 Å². The third-order valence-electron chi connectivity index (χ3n) is 2.93. The maximum Gasteiger partial charge on any atom is 0.0950 e. The van der Waals surface area contributed by atoms with Gasteiger partial charge in [0.25, 0.3) is 0 Å². The lowest BCUT2D eigenvalue weighted by atomic mass is 10.1. The average Bonchev–Trinajstić information content (AvgIpc) is 2.86. The Morgan fingerprint density at radius 2 is 2.35 bits per heavy atom. The van der Waals surface area contributed by atoms with E-state index in [1.54, 1.807) is 0 Å². The van der Waals surface area contributed by atoms with E-state index >= 15 is 0 Å². The molecule has 1 N–H and O–H groups in total. The summed E-state index contributed by atoms with van der Waals surface area (Å²) in [5, 5.41) is 4.26. The second kappa shape index (κ2) is 5.44. The molecule has 1 aromatic rings. The van der Waals surface area contributed by atoms with Crippen LogP contribution in [0.15, 0.2) is 12.5 Å². The molecule has 0 radical (unpaired) electrons. The standard InChI is InChI=1S/C13H23N3S/c1-13(2,3)15-7-11-8-16(10-14-11)9-12-5-4-6-17-12/h8,10,12,15H,4-7,9H2,1-3H3. The van der Waals surface area contributed by atoms with Gasteiger partial charge in [0.05, 0.1) is 12.0 Å². The van der Waals surface area contributed by atoms with Crippen molar-refractivity contribution in [2.45, 2.75) is 57.5 Å². The van der Waals surface area contributed by atoms with Crippen LogP contribution in [0.5, 0.6) is 0 Å². The van der Waals surface area contributed by atoms with Crippen molar-refractivity contribution >= 4 is 11.8 Å². The summed E-state index contributed by atoms with van der Waals surface area (Å²) in [6.45, 7) is 8.51. The Kier molecular flexibility index (Phi) is 4.15. The Labute approximate surface area is 108 Å². The van der Waals surface area contributed by atoms with Gasteiger partial charge in [0, 0.05) is 30.1 Å². The highest BCUT2D eigenvalue weighted by Crippen LogP contribution is 2.27. The molecule has 0 spiro atoms. The third kappa shape index (κ3) is 4.36. The second-order valence-corrected chi connectivity index (χ2v) is 7.21. The van der Waals surface area contributed by atoms with Crippen LogP contribution in [-0.4, -0.2) is 26.1 Å². The largest absolute Gasteiger partial charge is 0.336 e. The summed E-state index contributed by atoms with van der Waals surface area (Å²) in [7, 11) is 0. The molecular formula is C13H23N3S. The van der Waals surface area contributed by atoms with Crippen molar-refractivity contribution in [1.82, 2.24) is 14.9 Å². The molecule has 0 bridgehead atoms. The van der Waals surface area contributed by atoms with Crippen molar-refractivity contribution in [3.8, 4) is 0 Å².